The molecule has 1 N–H and O–H groups in total. The fourth-order valence-electron chi connectivity index (χ4n) is 4.49. The zero-order chi connectivity index (χ0) is 24.0. The molecule has 1 saturated heterocycles. The normalized spacial score (nSPS) is 20.2. The van der Waals surface area contributed by atoms with Crippen LogP contribution in [0.25, 0.3) is 0 Å². The van der Waals surface area contributed by atoms with Crippen LogP contribution in [-0.2, 0) is 22.1 Å². The summed E-state index contributed by atoms with van der Waals surface area (Å²) >= 11 is 0. The van der Waals surface area contributed by atoms with E-state index in [-0.39, 0.29) is 6.04 Å². The van der Waals surface area contributed by atoms with Gasteiger partial charge in [-0.3, -0.25) is 9.46 Å². The average Bonchev–Trinajstić information content (AvgIpc) is 3.58. The van der Waals surface area contributed by atoms with E-state index in [1.54, 1.807) is 0 Å². The van der Waals surface area contributed by atoms with Crippen LogP contribution in [0.4, 0.5) is 0 Å². The molecule has 6 nitrogen and oxygen atoms in total. The minimum absolute atomic E-state index is 0.0617. The van der Waals surface area contributed by atoms with E-state index in [1.165, 1.54) is 5.56 Å². The van der Waals surface area contributed by atoms with Crippen LogP contribution in [0.15, 0.2) is 59.5 Å². The Bertz CT molecular complexity index is 933. The smallest absolute Gasteiger partial charge is 0.235 e. The van der Waals surface area contributed by atoms with Gasteiger partial charge in [0.15, 0.2) is 0 Å². The monoisotopic (exact) mass is 490 g/mol. The SMILES string of the molecule is CCN(CC)P(=O)([C@@H](N[S@@](=O)c1ccc(C)cc1)[C@@H]1CN1Cc1ccccc1)N(CC)CC. The summed E-state index contributed by atoms with van der Waals surface area (Å²) in [6, 6.07) is 18.1. The molecule has 0 saturated carbocycles. The molecule has 0 spiro atoms. The van der Waals surface area contributed by atoms with Gasteiger partial charge in [0.2, 0.25) is 7.44 Å². The lowest BCUT2D eigenvalue weighted by atomic mass is 10.2. The summed E-state index contributed by atoms with van der Waals surface area (Å²) in [6.45, 7) is 14.6. The van der Waals surface area contributed by atoms with E-state index in [0.717, 1.165) is 18.7 Å². The van der Waals surface area contributed by atoms with Crippen molar-refractivity contribution in [2.24, 2.45) is 0 Å². The first-order valence-corrected chi connectivity index (χ1v) is 14.8. The fourth-order valence-corrected chi connectivity index (χ4v) is 9.64. The van der Waals surface area contributed by atoms with Crippen molar-refractivity contribution in [2.45, 2.75) is 57.9 Å². The van der Waals surface area contributed by atoms with Crippen LogP contribution in [0, 0.1) is 6.92 Å². The van der Waals surface area contributed by atoms with E-state index in [4.69, 9.17) is 0 Å². The molecule has 2 aromatic rings. The van der Waals surface area contributed by atoms with Crippen LogP contribution in [0.5, 0.6) is 0 Å². The van der Waals surface area contributed by atoms with E-state index in [1.807, 2.05) is 49.4 Å². The van der Waals surface area contributed by atoms with E-state index >= 15 is 0 Å². The molecule has 1 unspecified atom stereocenters. The molecule has 0 bridgehead atoms. The number of hydrogen-bond donors (Lipinski definition) is 1. The zero-order valence-electron chi connectivity index (χ0n) is 20.6. The van der Waals surface area contributed by atoms with Crippen LogP contribution in [-0.4, -0.2) is 63.0 Å². The Kier molecular flexibility index (Phi) is 9.45. The number of hydrogen-bond acceptors (Lipinski definition) is 3. The van der Waals surface area contributed by atoms with Crippen LogP contribution in [0.3, 0.4) is 0 Å². The molecule has 0 amide bonds. The minimum atomic E-state index is -3.05. The highest BCUT2D eigenvalue weighted by Gasteiger charge is 2.53. The Balaban J connectivity index is 1.95. The van der Waals surface area contributed by atoms with Crippen molar-refractivity contribution >= 4 is 18.4 Å². The number of rotatable bonds is 13. The van der Waals surface area contributed by atoms with Crippen molar-refractivity contribution in [3.8, 4) is 0 Å². The third kappa shape index (κ3) is 6.02. The molecule has 1 fully saturated rings. The first-order valence-electron chi connectivity index (χ1n) is 12.0. The summed E-state index contributed by atoms with van der Waals surface area (Å²) in [5, 5.41) is 0. The maximum atomic E-state index is 15.0. The summed E-state index contributed by atoms with van der Waals surface area (Å²) in [5.74, 6) is -0.414. The Morgan fingerprint density at radius 1 is 0.970 bits per heavy atom. The molecular formula is C25H39N4O2PS. The molecule has 0 aliphatic carbocycles. The maximum absolute atomic E-state index is 15.0. The minimum Gasteiger partial charge on any atom is -0.291 e. The number of nitrogens with one attached hydrogen (secondary N) is 1. The first kappa shape index (κ1) is 26.3. The molecule has 3 rings (SSSR count). The molecule has 0 radical (unpaired) electrons. The quantitative estimate of drug-likeness (QED) is 0.326. The molecule has 1 aliphatic heterocycles. The van der Waals surface area contributed by atoms with Gasteiger partial charge in [0.25, 0.3) is 0 Å². The highest BCUT2D eigenvalue weighted by Crippen LogP contribution is 2.59. The lowest BCUT2D eigenvalue weighted by Gasteiger charge is -2.42. The zero-order valence-corrected chi connectivity index (χ0v) is 22.3. The van der Waals surface area contributed by atoms with E-state index in [0.29, 0.717) is 31.1 Å². The Morgan fingerprint density at radius 2 is 1.52 bits per heavy atom. The molecule has 8 heteroatoms. The van der Waals surface area contributed by atoms with Gasteiger partial charge in [-0.2, -0.15) is 0 Å². The summed E-state index contributed by atoms with van der Waals surface area (Å²) in [6.07, 6.45) is 0. The second kappa shape index (κ2) is 11.9. The molecule has 1 aliphatic rings. The van der Waals surface area contributed by atoms with Gasteiger partial charge >= 0.3 is 0 Å². The lowest BCUT2D eigenvalue weighted by Crippen LogP contribution is -2.47. The number of nitrogens with zero attached hydrogens (tertiary/aromatic N) is 3. The highest BCUT2D eigenvalue weighted by molar-refractivity contribution is 7.83. The summed E-state index contributed by atoms with van der Waals surface area (Å²) < 4.78 is 35.9. The van der Waals surface area contributed by atoms with Crippen LogP contribution >= 0.6 is 7.44 Å². The molecule has 33 heavy (non-hydrogen) atoms. The van der Waals surface area contributed by atoms with Crippen LogP contribution in [0.2, 0.25) is 0 Å². The summed E-state index contributed by atoms with van der Waals surface area (Å²) in [5.41, 5.74) is 2.36. The van der Waals surface area contributed by atoms with Gasteiger partial charge in [-0.15, -0.1) is 0 Å². The van der Waals surface area contributed by atoms with Crippen molar-refractivity contribution < 1.29 is 8.77 Å². The van der Waals surface area contributed by atoms with E-state index < -0.39 is 24.2 Å². The van der Waals surface area contributed by atoms with Crippen LogP contribution in [0.1, 0.15) is 38.8 Å². The summed E-state index contributed by atoms with van der Waals surface area (Å²) in [4.78, 5) is 3.05. The second-order valence-corrected chi connectivity index (χ2v) is 12.6. The Hall–Kier alpha value is -1.34. The first-order chi connectivity index (χ1) is 15.9. The van der Waals surface area contributed by atoms with Gasteiger partial charge in [0.1, 0.15) is 16.8 Å². The Morgan fingerprint density at radius 3 is 2.03 bits per heavy atom. The molecule has 4 atom stereocenters. The highest BCUT2D eigenvalue weighted by atomic mass is 32.2. The van der Waals surface area contributed by atoms with Crippen molar-refractivity contribution in [1.29, 1.82) is 0 Å². The van der Waals surface area contributed by atoms with Crippen molar-refractivity contribution in [3.05, 3.63) is 65.7 Å². The van der Waals surface area contributed by atoms with Gasteiger partial charge in [0, 0.05) is 45.3 Å². The van der Waals surface area contributed by atoms with Gasteiger partial charge < -0.3 is 0 Å². The standard InChI is InChI=1S/C25H39N4O2PS/c1-6-28(7-2)32(30,29(8-3)9-4)25(26-33(31)23-17-15-21(5)16-18-23)24-20-27(24)19-22-13-11-10-12-14-22/h10-18,24-26H,6-9,19-20H2,1-5H3/t24-,25+,27?,33-/m0/s1. The van der Waals surface area contributed by atoms with E-state index in [9.17, 15) is 8.77 Å². The largest absolute Gasteiger partial charge is 0.291 e. The van der Waals surface area contributed by atoms with Gasteiger partial charge in [0.05, 0.1) is 4.90 Å². The number of benzene rings is 2. The molecular weight excluding hydrogens is 451 g/mol. The van der Waals surface area contributed by atoms with Crippen molar-refractivity contribution in [3.63, 3.8) is 0 Å². The number of aryl methyl sites for hydroxylation is 1. The predicted molar refractivity (Wildman–Crippen MR) is 139 cm³/mol. The van der Waals surface area contributed by atoms with Gasteiger partial charge in [-0.25, -0.2) is 18.3 Å². The predicted octanol–water partition coefficient (Wildman–Crippen LogP) is 4.69. The lowest BCUT2D eigenvalue weighted by molar-refractivity contribution is 0.339. The molecule has 1 heterocycles. The van der Waals surface area contributed by atoms with E-state index in [2.05, 4.69) is 58.8 Å². The molecule has 0 aromatic heterocycles. The molecule has 2 aromatic carbocycles. The third-order valence-electron chi connectivity index (χ3n) is 6.45. The van der Waals surface area contributed by atoms with Gasteiger partial charge in [-0.05, 0) is 24.6 Å². The van der Waals surface area contributed by atoms with Gasteiger partial charge in [-0.1, -0.05) is 75.7 Å². The van der Waals surface area contributed by atoms with Crippen molar-refractivity contribution in [2.75, 3.05) is 32.7 Å². The maximum Gasteiger partial charge on any atom is 0.235 e. The van der Waals surface area contributed by atoms with Crippen molar-refractivity contribution in [1.82, 2.24) is 19.0 Å². The molecule has 182 valence electrons. The summed E-state index contributed by atoms with van der Waals surface area (Å²) in [7, 11) is -4.50. The van der Waals surface area contributed by atoms with Crippen LogP contribution < -0.4 is 4.72 Å². The second-order valence-electron chi connectivity index (χ2n) is 8.49. The average molecular weight is 491 g/mol. The topological polar surface area (TPSA) is 55.7 Å². The third-order valence-corrected chi connectivity index (χ3v) is 11.7. The fraction of sp³-hybridized carbons (Fsp3) is 0.520. The Labute approximate surface area is 202 Å².